The van der Waals surface area contributed by atoms with Crippen LogP contribution >= 0.6 is 46.4 Å². The van der Waals surface area contributed by atoms with Crippen LogP contribution < -0.4 is 5.11 Å². The van der Waals surface area contributed by atoms with Crippen LogP contribution in [0.1, 0.15) is 0 Å². The van der Waals surface area contributed by atoms with Crippen LogP contribution in [0.4, 0.5) is 0 Å². The summed E-state index contributed by atoms with van der Waals surface area (Å²) in [6, 6.07) is 0. The van der Waals surface area contributed by atoms with Crippen molar-refractivity contribution in [3.63, 3.8) is 0 Å². The van der Waals surface area contributed by atoms with E-state index in [1.165, 1.54) is 0 Å². The number of ketones is 1. The summed E-state index contributed by atoms with van der Waals surface area (Å²) in [5.41, 5.74) is 0. The molecule has 66 valence electrons. The monoisotopic (exact) mass is 245 g/mol. The van der Waals surface area contributed by atoms with Gasteiger partial charge in [-0.15, -0.1) is 11.6 Å². The molecule has 6 heteroatoms. The Hall–Kier alpha value is 0.110. The van der Waals surface area contributed by atoms with E-state index in [1.54, 1.807) is 0 Å². The minimum absolute atomic E-state index is 0.104. The zero-order chi connectivity index (χ0) is 9.46. The van der Waals surface area contributed by atoms with E-state index < -0.39 is 16.9 Å². The van der Waals surface area contributed by atoms with E-state index >= 15 is 0 Å². The lowest BCUT2D eigenvalue weighted by atomic mass is 10.1. The number of Topliss-reactive ketones (excluding diaryl/α,β-unsaturated/α-hetero) is 1. The Morgan fingerprint density at radius 3 is 2.17 bits per heavy atom. The molecule has 0 N–H and O–H groups in total. The number of allylic oxidation sites excluding steroid dienone is 3. The smallest absolute Gasteiger partial charge is 0.191 e. The number of carbonyl (C=O) groups excluding carboxylic acids is 1. The molecule has 0 aromatic rings. The first-order valence-electron chi connectivity index (χ1n) is 2.77. The average Bonchev–Trinajstić information content (AvgIpc) is 2.08. The lowest BCUT2D eigenvalue weighted by Gasteiger charge is -2.22. The van der Waals surface area contributed by atoms with Crippen LogP contribution in [-0.2, 0) is 4.79 Å². The highest BCUT2D eigenvalue weighted by Crippen LogP contribution is 2.35. The Morgan fingerprint density at radius 2 is 1.67 bits per heavy atom. The second kappa shape index (κ2) is 3.46. The molecule has 1 atom stereocenters. The summed E-state index contributed by atoms with van der Waals surface area (Å²) in [6.45, 7) is 0. The van der Waals surface area contributed by atoms with E-state index in [0.717, 1.165) is 0 Å². The predicted octanol–water partition coefficient (Wildman–Crippen LogP) is 1.68. The van der Waals surface area contributed by atoms with Gasteiger partial charge in [0.25, 0.3) is 0 Å². The van der Waals surface area contributed by atoms with Gasteiger partial charge in [0.2, 0.25) is 0 Å². The van der Waals surface area contributed by atoms with E-state index in [1.807, 2.05) is 0 Å². The maximum Gasteiger partial charge on any atom is 0.191 e. The Balaban J connectivity index is 3.22. The Labute approximate surface area is 88.3 Å². The van der Waals surface area contributed by atoms with Gasteiger partial charge in [-0.25, -0.2) is 0 Å². The first-order valence-corrected chi connectivity index (χ1v) is 4.34. The molecule has 1 rings (SSSR count). The molecule has 2 nitrogen and oxygen atoms in total. The lowest BCUT2D eigenvalue weighted by molar-refractivity contribution is -0.298. The van der Waals surface area contributed by atoms with Crippen molar-refractivity contribution >= 4 is 52.2 Å². The molecule has 1 unspecified atom stereocenters. The summed E-state index contributed by atoms with van der Waals surface area (Å²) in [4.78, 5) is 10.9. The Bertz CT molecular complexity index is 277. The zero-order valence-electron chi connectivity index (χ0n) is 5.41. The second-order valence-electron chi connectivity index (χ2n) is 2.03. The number of hydrogen-bond donors (Lipinski definition) is 0. The van der Waals surface area contributed by atoms with Crippen LogP contribution in [-0.4, -0.2) is 11.2 Å². The third-order valence-electron chi connectivity index (χ3n) is 1.28. The van der Waals surface area contributed by atoms with Crippen LogP contribution in [0.25, 0.3) is 0 Å². The highest BCUT2D eigenvalue weighted by atomic mass is 35.5. The minimum Gasteiger partial charge on any atom is -0.869 e. The van der Waals surface area contributed by atoms with Crippen molar-refractivity contribution < 1.29 is 9.90 Å². The van der Waals surface area contributed by atoms with Gasteiger partial charge in [0.05, 0.1) is 5.03 Å². The normalized spacial score (nSPS) is 25.3. The van der Waals surface area contributed by atoms with E-state index in [0.29, 0.717) is 0 Å². The fraction of sp³-hybridized carbons (Fsp3) is 0.167. The predicted molar refractivity (Wildman–Crippen MR) is 46.3 cm³/mol. The molecule has 0 aromatic heterocycles. The first-order chi connectivity index (χ1) is 5.46. The SMILES string of the molecule is O=C1C([O-])=C(Cl)C(Cl)C(Cl)=C1Cl. The van der Waals surface area contributed by atoms with Gasteiger partial charge in [0.1, 0.15) is 10.4 Å². The van der Waals surface area contributed by atoms with Crippen LogP contribution in [0.2, 0.25) is 0 Å². The molecule has 0 heterocycles. The fourth-order valence-electron chi connectivity index (χ4n) is 0.654. The number of hydrogen-bond acceptors (Lipinski definition) is 2. The molecule has 0 aliphatic heterocycles. The van der Waals surface area contributed by atoms with Gasteiger partial charge in [-0.2, -0.15) is 0 Å². The van der Waals surface area contributed by atoms with Crippen molar-refractivity contribution in [3.05, 3.63) is 20.9 Å². The Kier molecular flexibility index (Phi) is 2.94. The lowest BCUT2D eigenvalue weighted by Crippen LogP contribution is -2.25. The van der Waals surface area contributed by atoms with Crippen molar-refractivity contribution in [1.82, 2.24) is 0 Å². The van der Waals surface area contributed by atoms with Gasteiger partial charge in [0.15, 0.2) is 5.78 Å². The highest BCUT2D eigenvalue weighted by molar-refractivity contribution is 6.56. The summed E-state index contributed by atoms with van der Waals surface area (Å²) >= 11 is 21.9. The van der Waals surface area contributed by atoms with E-state index in [-0.39, 0.29) is 15.1 Å². The van der Waals surface area contributed by atoms with Gasteiger partial charge in [-0.1, -0.05) is 34.8 Å². The molecule has 0 fully saturated rings. The molecular formula is C6HCl4O2-. The maximum absolute atomic E-state index is 10.9. The van der Waals surface area contributed by atoms with Crippen molar-refractivity contribution in [3.8, 4) is 0 Å². The van der Waals surface area contributed by atoms with Crippen LogP contribution in [0.15, 0.2) is 20.9 Å². The molecule has 0 spiro atoms. The maximum atomic E-state index is 10.9. The highest BCUT2D eigenvalue weighted by Gasteiger charge is 2.27. The molecule has 0 radical (unpaired) electrons. The molecule has 1 aliphatic rings. The number of rotatable bonds is 0. The van der Waals surface area contributed by atoms with Gasteiger partial charge < -0.3 is 5.11 Å². The standard InChI is InChI=1S/C6H2Cl4O2/c7-1-2(8)4(10)6(12)5(11)3(1)9/h1,11H/p-1. The largest absolute Gasteiger partial charge is 0.869 e. The Morgan fingerprint density at radius 1 is 1.17 bits per heavy atom. The molecule has 0 bridgehead atoms. The molecule has 0 amide bonds. The topological polar surface area (TPSA) is 40.1 Å². The summed E-state index contributed by atoms with van der Waals surface area (Å²) in [7, 11) is 0. The van der Waals surface area contributed by atoms with Crippen molar-refractivity contribution in [2.75, 3.05) is 0 Å². The summed E-state index contributed by atoms with van der Waals surface area (Å²) in [5.74, 6) is -1.81. The first kappa shape index (κ1) is 10.2. The summed E-state index contributed by atoms with van der Waals surface area (Å²) < 4.78 is 0. The average molecular weight is 247 g/mol. The van der Waals surface area contributed by atoms with Crippen LogP contribution in [0.5, 0.6) is 0 Å². The van der Waals surface area contributed by atoms with Crippen molar-refractivity contribution in [2.45, 2.75) is 5.38 Å². The van der Waals surface area contributed by atoms with E-state index in [2.05, 4.69) is 0 Å². The molecule has 0 aromatic carbocycles. The molecular weight excluding hydrogens is 246 g/mol. The summed E-state index contributed by atoms with van der Waals surface area (Å²) in [5, 5.41) is 9.15. The minimum atomic E-state index is -0.994. The van der Waals surface area contributed by atoms with Gasteiger partial charge in [0, 0.05) is 5.03 Å². The van der Waals surface area contributed by atoms with E-state index in [4.69, 9.17) is 46.4 Å². The quantitative estimate of drug-likeness (QED) is 0.611. The fourth-order valence-corrected chi connectivity index (χ4v) is 1.56. The van der Waals surface area contributed by atoms with E-state index in [9.17, 15) is 9.90 Å². The van der Waals surface area contributed by atoms with Gasteiger partial charge >= 0.3 is 0 Å². The van der Waals surface area contributed by atoms with Gasteiger partial charge in [-0.05, 0) is 5.76 Å². The van der Waals surface area contributed by atoms with Crippen molar-refractivity contribution in [1.29, 1.82) is 0 Å². The number of carbonyl (C=O) groups is 1. The molecule has 12 heavy (non-hydrogen) atoms. The summed E-state index contributed by atoms with van der Waals surface area (Å²) in [6.07, 6.45) is 0. The van der Waals surface area contributed by atoms with Gasteiger partial charge in [-0.3, -0.25) is 4.79 Å². The zero-order valence-corrected chi connectivity index (χ0v) is 8.43. The molecule has 0 saturated carbocycles. The van der Waals surface area contributed by atoms with Crippen LogP contribution in [0, 0.1) is 0 Å². The second-order valence-corrected chi connectivity index (χ2v) is 3.66. The van der Waals surface area contributed by atoms with Crippen molar-refractivity contribution in [2.24, 2.45) is 0 Å². The number of alkyl halides is 1. The number of halogens is 4. The third kappa shape index (κ3) is 1.44. The molecule has 0 saturated heterocycles. The van der Waals surface area contributed by atoms with Crippen LogP contribution in [0.3, 0.4) is 0 Å². The molecule has 1 aliphatic carbocycles. The third-order valence-corrected chi connectivity index (χ3v) is 3.21.